The van der Waals surface area contributed by atoms with Gasteiger partial charge in [0.1, 0.15) is 0 Å². The van der Waals surface area contributed by atoms with Crippen molar-refractivity contribution >= 4 is 5.82 Å². The van der Waals surface area contributed by atoms with E-state index in [1.165, 1.54) is 5.69 Å². The number of ether oxygens (including phenoxy) is 1. The summed E-state index contributed by atoms with van der Waals surface area (Å²) in [7, 11) is 0. The summed E-state index contributed by atoms with van der Waals surface area (Å²) in [6.07, 6.45) is 0.938. The summed E-state index contributed by atoms with van der Waals surface area (Å²) in [5.74, 6) is 0.631. The van der Waals surface area contributed by atoms with Crippen LogP contribution in [0.5, 0.6) is 0 Å². The minimum atomic E-state index is 0.626. The Bertz CT molecular complexity index is 293. The molecule has 2 heterocycles. The zero-order valence-electron chi connectivity index (χ0n) is 7.21. The van der Waals surface area contributed by atoms with Crippen molar-refractivity contribution in [3.63, 3.8) is 0 Å². The number of hydrogen-bond acceptors (Lipinski definition) is 3. The molecule has 1 aliphatic rings. The Hall–Kier alpha value is -1.03. The Balaban J connectivity index is 2.47. The van der Waals surface area contributed by atoms with Crippen molar-refractivity contribution < 1.29 is 4.74 Å². The van der Waals surface area contributed by atoms with E-state index in [1.54, 1.807) is 0 Å². The maximum atomic E-state index is 5.73. The molecule has 4 nitrogen and oxygen atoms in total. The van der Waals surface area contributed by atoms with Crippen molar-refractivity contribution in [2.75, 3.05) is 12.3 Å². The molecule has 12 heavy (non-hydrogen) atoms. The lowest BCUT2D eigenvalue weighted by molar-refractivity contribution is 0.109. The first-order chi connectivity index (χ1) is 5.83. The molecule has 0 atom stereocenters. The monoisotopic (exact) mass is 167 g/mol. The van der Waals surface area contributed by atoms with Gasteiger partial charge in [0.2, 0.25) is 0 Å². The zero-order valence-corrected chi connectivity index (χ0v) is 7.21. The van der Waals surface area contributed by atoms with Gasteiger partial charge in [0.25, 0.3) is 0 Å². The standard InChI is InChI=1S/C8H13N3O/c1-2-11-7-3-4-12-5-6(7)8(9)10-11/h2-5H2,1H3,(H2,9,10). The van der Waals surface area contributed by atoms with Crippen molar-refractivity contribution in [1.82, 2.24) is 9.78 Å². The van der Waals surface area contributed by atoms with Crippen molar-refractivity contribution in [2.24, 2.45) is 0 Å². The lowest BCUT2D eigenvalue weighted by atomic mass is 10.1. The minimum Gasteiger partial charge on any atom is -0.382 e. The number of anilines is 1. The number of rotatable bonds is 1. The fraction of sp³-hybridized carbons (Fsp3) is 0.625. The van der Waals surface area contributed by atoms with Crippen LogP contribution in [0.3, 0.4) is 0 Å². The van der Waals surface area contributed by atoms with Crippen molar-refractivity contribution in [3.05, 3.63) is 11.3 Å². The van der Waals surface area contributed by atoms with E-state index in [0.717, 1.165) is 25.1 Å². The molecule has 0 aromatic carbocycles. The molecular formula is C8H13N3O. The van der Waals surface area contributed by atoms with Gasteiger partial charge in [-0.05, 0) is 6.92 Å². The summed E-state index contributed by atoms with van der Waals surface area (Å²) >= 11 is 0. The van der Waals surface area contributed by atoms with E-state index < -0.39 is 0 Å². The first kappa shape index (κ1) is 7.61. The van der Waals surface area contributed by atoms with Gasteiger partial charge >= 0.3 is 0 Å². The molecule has 0 radical (unpaired) electrons. The number of nitrogen functional groups attached to an aromatic ring is 1. The van der Waals surface area contributed by atoms with Gasteiger partial charge in [-0.3, -0.25) is 4.68 Å². The Labute approximate surface area is 71.3 Å². The van der Waals surface area contributed by atoms with Crippen LogP contribution >= 0.6 is 0 Å². The van der Waals surface area contributed by atoms with Crippen LogP contribution in [0.4, 0.5) is 5.82 Å². The molecule has 0 amide bonds. The summed E-state index contributed by atoms with van der Waals surface area (Å²) in [6.45, 7) is 4.38. The van der Waals surface area contributed by atoms with Gasteiger partial charge in [0.05, 0.1) is 13.2 Å². The summed E-state index contributed by atoms with van der Waals surface area (Å²) in [5, 5.41) is 4.23. The lowest BCUT2D eigenvalue weighted by Crippen LogP contribution is -2.13. The van der Waals surface area contributed by atoms with Crippen molar-refractivity contribution in [1.29, 1.82) is 0 Å². The quantitative estimate of drug-likeness (QED) is 0.664. The highest BCUT2D eigenvalue weighted by Gasteiger charge is 2.18. The molecule has 0 unspecified atom stereocenters. The summed E-state index contributed by atoms with van der Waals surface area (Å²) in [6, 6.07) is 0. The fourth-order valence-corrected chi connectivity index (χ4v) is 1.60. The first-order valence-electron chi connectivity index (χ1n) is 4.24. The molecule has 1 aromatic heterocycles. The topological polar surface area (TPSA) is 53.1 Å². The van der Waals surface area contributed by atoms with E-state index in [2.05, 4.69) is 12.0 Å². The largest absolute Gasteiger partial charge is 0.382 e. The molecule has 0 fully saturated rings. The number of nitrogens with zero attached hydrogens (tertiary/aromatic N) is 2. The van der Waals surface area contributed by atoms with E-state index in [4.69, 9.17) is 10.5 Å². The minimum absolute atomic E-state index is 0.626. The van der Waals surface area contributed by atoms with Crippen LogP contribution in [0.15, 0.2) is 0 Å². The number of aryl methyl sites for hydroxylation is 1. The number of nitrogens with two attached hydrogens (primary N) is 1. The summed E-state index contributed by atoms with van der Waals surface area (Å²) < 4.78 is 7.27. The average Bonchev–Trinajstić information content (AvgIpc) is 2.44. The third kappa shape index (κ3) is 0.992. The highest BCUT2D eigenvalue weighted by Crippen LogP contribution is 2.21. The second-order valence-corrected chi connectivity index (χ2v) is 2.93. The molecule has 0 bridgehead atoms. The first-order valence-corrected chi connectivity index (χ1v) is 4.24. The SMILES string of the molecule is CCn1nc(N)c2c1CCOC2. The van der Waals surface area contributed by atoms with Crippen LogP contribution < -0.4 is 5.73 Å². The van der Waals surface area contributed by atoms with Crippen LogP contribution in [0, 0.1) is 0 Å². The molecule has 1 aliphatic heterocycles. The van der Waals surface area contributed by atoms with Crippen LogP contribution in [0.25, 0.3) is 0 Å². The third-order valence-electron chi connectivity index (χ3n) is 2.23. The zero-order chi connectivity index (χ0) is 8.55. The van der Waals surface area contributed by atoms with Gasteiger partial charge < -0.3 is 10.5 Å². The van der Waals surface area contributed by atoms with E-state index in [1.807, 2.05) is 4.68 Å². The summed E-state index contributed by atoms with van der Waals surface area (Å²) in [5.41, 5.74) is 8.06. The van der Waals surface area contributed by atoms with E-state index >= 15 is 0 Å². The maximum absolute atomic E-state index is 5.73. The molecule has 0 aliphatic carbocycles. The second-order valence-electron chi connectivity index (χ2n) is 2.93. The Morgan fingerprint density at radius 1 is 1.67 bits per heavy atom. The molecule has 0 saturated heterocycles. The van der Waals surface area contributed by atoms with E-state index in [-0.39, 0.29) is 0 Å². The number of hydrogen-bond donors (Lipinski definition) is 1. The third-order valence-corrected chi connectivity index (χ3v) is 2.23. The van der Waals surface area contributed by atoms with Gasteiger partial charge in [-0.1, -0.05) is 0 Å². The van der Waals surface area contributed by atoms with Gasteiger partial charge in [0, 0.05) is 24.2 Å². The number of aromatic nitrogens is 2. The Morgan fingerprint density at radius 3 is 3.25 bits per heavy atom. The van der Waals surface area contributed by atoms with Crippen LogP contribution in [0.2, 0.25) is 0 Å². The predicted molar refractivity (Wildman–Crippen MR) is 45.7 cm³/mol. The lowest BCUT2D eigenvalue weighted by Gasteiger charge is -2.13. The Kier molecular flexibility index (Phi) is 1.77. The molecule has 0 saturated carbocycles. The maximum Gasteiger partial charge on any atom is 0.151 e. The molecule has 0 spiro atoms. The average molecular weight is 167 g/mol. The molecule has 2 N–H and O–H groups in total. The van der Waals surface area contributed by atoms with Gasteiger partial charge in [0.15, 0.2) is 5.82 Å². The van der Waals surface area contributed by atoms with Crippen LogP contribution in [-0.4, -0.2) is 16.4 Å². The van der Waals surface area contributed by atoms with Gasteiger partial charge in [-0.15, -0.1) is 0 Å². The van der Waals surface area contributed by atoms with Crippen LogP contribution in [0.1, 0.15) is 18.2 Å². The molecule has 1 aromatic rings. The highest BCUT2D eigenvalue weighted by atomic mass is 16.5. The summed E-state index contributed by atoms with van der Waals surface area (Å²) in [4.78, 5) is 0. The van der Waals surface area contributed by atoms with Crippen molar-refractivity contribution in [3.8, 4) is 0 Å². The normalized spacial score (nSPS) is 16.1. The number of fused-ring (bicyclic) bond motifs is 1. The van der Waals surface area contributed by atoms with E-state index in [0.29, 0.717) is 12.4 Å². The van der Waals surface area contributed by atoms with E-state index in [9.17, 15) is 0 Å². The Morgan fingerprint density at radius 2 is 2.50 bits per heavy atom. The highest BCUT2D eigenvalue weighted by molar-refractivity contribution is 5.43. The molecule has 2 rings (SSSR count). The van der Waals surface area contributed by atoms with Gasteiger partial charge in [-0.2, -0.15) is 5.10 Å². The molecule has 4 heteroatoms. The van der Waals surface area contributed by atoms with Crippen molar-refractivity contribution in [2.45, 2.75) is 26.5 Å². The smallest absolute Gasteiger partial charge is 0.151 e. The molecule has 66 valence electrons. The second kappa shape index (κ2) is 2.79. The van der Waals surface area contributed by atoms with Gasteiger partial charge in [-0.25, -0.2) is 0 Å². The van der Waals surface area contributed by atoms with Crippen LogP contribution in [-0.2, 0) is 24.3 Å². The predicted octanol–water partition coefficient (Wildman–Crippen LogP) is 0.558. The fourth-order valence-electron chi connectivity index (χ4n) is 1.60. The molecular weight excluding hydrogens is 154 g/mol.